The highest BCUT2D eigenvalue weighted by atomic mass is 32.2. The van der Waals surface area contributed by atoms with E-state index in [1.165, 1.54) is 29.0 Å². The molecular weight excluding hydrogens is 272 g/mol. The minimum absolute atomic E-state index is 0.349. The number of fused-ring (bicyclic) bond motifs is 1. The number of nitrogens with zero attached hydrogens (tertiary/aromatic N) is 1. The first-order valence-electron chi connectivity index (χ1n) is 6.86. The number of hydrogen-bond donors (Lipinski definition) is 1. The van der Waals surface area contributed by atoms with Gasteiger partial charge in [0.05, 0.1) is 16.3 Å². The van der Waals surface area contributed by atoms with Crippen molar-refractivity contribution >= 4 is 33.3 Å². The molecule has 0 bridgehead atoms. The Morgan fingerprint density at radius 3 is 2.84 bits per heavy atom. The minimum atomic E-state index is 0.349. The first-order valence-corrected chi connectivity index (χ1v) is 8.91. The standard InChI is InChI=1S/C15H20N2S2/c1-11(16-10-15(18-2)8-5-9-15)14-17-12-6-3-4-7-13(12)19-14/h3-4,6-7,11,16H,5,8-10H2,1-2H3. The van der Waals surface area contributed by atoms with Crippen LogP contribution in [0.3, 0.4) is 0 Å². The molecule has 3 rings (SSSR count). The highest BCUT2D eigenvalue weighted by Crippen LogP contribution is 2.42. The number of benzene rings is 1. The molecule has 1 saturated carbocycles. The summed E-state index contributed by atoms with van der Waals surface area (Å²) in [6.07, 6.45) is 6.34. The van der Waals surface area contributed by atoms with Gasteiger partial charge in [0.15, 0.2) is 0 Å². The van der Waals surface area contributed by atoms with E-state index < -0.39 is 0 Å². The largest absolute Gasteiger partial charge is 0.307 e. The summed E-state index contributed by atoms with van der Waals surface area (Å²) in [6.45, 7) is 3.33. The molecule has 2 nitrogen and oxygen atoms in total. The number of hydrogen-bond acceptors (Lipinski definition) is 4. The smallest absolute Gasteiger partial charge is 0.111 e. The summed E-state index contributed by atoms with van der Waals surface area (Å²) in [5.74, 6) is 0. The summed E-state index contributed by atoms with van der Waals surface area (Å²) in [4.78, 5) is 4.73. The maximum atomic E-state index is 4.73. The van der Waals surface area contributed by atoms with E-state index in [-0.39, 0.29) is 0 Å². The fourth-order valence-corrected chi connectivity index (χ4v) is 4.44. The molecule has 1 N–H and O–H groups in total. The van der Waals surface area contributed by atoms with Gasteiger partial charge >= 0.3 is 0 Å². The Balaban J connectivity index is 1.68. The summed E-state index contributed by atoms with van der Waals surface area (Å²) in [5.41, 5.74) is 1.12. The van der Waals surface area contributed by atoms with Crippen molar-refractivity contribution in [3.8, 4) is 0 Å². The van der Waals surface area contributed by atoms with Gasteiger partial charge in [-0.3, -0.25) is 0 Å². The van der Waals surface area contributed by atoms with Crippen LogP contribution in [0, 0.1) is 0 Å². The molecular formula is C15H20N2S2. The van der Waals surface area contributed by atoms with Gasteiger partial charge in [0, 0.05) is 11.3 Å². The second kappa shape index (κ2) is 5.43. The Morgan fingerprint density at radius 2 is 2.21 bits per heavy atom. The second-order valence-corrected chi connectivity index (χ2v) is 7.70. The fourth-order valence-electron chi connectivity index (χ4n) is 2.53. The number of rotatable bonds is 5. The second-order valence-electron chi connectivity index (χ2n) is 5.36. The summed E-state index contributed by atoms with van der Waals surface area (Å²) < 4.78 is 1.78. The number of para-hydroxylation sites is 1. The molecule has 1 fully saturated rings. The van der Waals surface area contributed by atoms with Gasteiger partial charge in [-0.2, -0.15) is 11.8 Å². The molecule has 19 heavy (non-hydrogen) atoms. The zero-order valence-electron chi connectivity index (χ0n) is 11.5. The highest BCUT2D eigenvalue weighted by molar-refractivity contribution is 8.00. The van der Waals surface area contributed by atoms with Crippen LogP contribution in [0.2, 0.25) is 0 Å². The van der Waals surface area contributed by atoms with Crippen LogP contribution in [0.4, 0.5) is 0 Å². The van der Waals surface area contributed by atoms with Gasteiger partial charge in [0.25, 0.3) is 0 Å². The van der Waals surface area contributed by atoms with E-state index in [1.807, 2.05) is 23.1 Å². The minimum Gasteiger partial charge on any atom is -0.307 e. The number of thioether (sulfide) groups is 1. The van der Waals surface area contributed by atoms with Crippen molar-refractivity contribution in [3.05, 3.63) is 29.3 Å². The van der Waals surface area contributed by atoms with Gasteiger partial charge in [0.1, 0.15) is 5.01 Å². The van der Waals surface area contributed by atoms with Crippen LogP contribution < -0.4 is 5.32 Å². The summed E-state index contributed by atoms with van der Waals surface area (Å²) in [7, 11) is 0. The van der Waals surface area contributed by atoms with E-state index >= 15 is 0 Å². The molecule has 1 heterocycles. The topological polar surface area (TPSA) is 24.9 Å². The quantitative estimate of drug-likeness (QED) is 0.892. The molecule has 2 aromatic rings. The lowest BCUT2D eigenvalue weighted by molar-refractivity contribution is 0.334. The van der Waals surface area contributed by atoms with Gasteiger partial charge in [-0.25, -0.2) is 4.98 Å². The van der Waals surface area contributed by atoms with Crippen LogP contribution in [-0.4, -0.2) is 22.5 Å². The molecule has 0 amide bonds. The van der Waals surface area contributed by atoms with Crippen LogP contribution in [-0.2, 0) is 0 Å². The molecule has 0 aliphatic heterocycles. The van der Waals surface area contributed by atoms with E-state index in [4.69, 9.17) is 4.98 Å². The van der Waals surface area contributed by atoms with Crippen molar-refractivity contribution < 1.29 is 0 Å². The van der Waals surface area contributed by atoms with E-state index in [1.54, 1.807) is 0 Å². The van der Waals surface area contributed by atoms with Crippen LogP contribution in [0.25, 0.3) is 10.2 Å². The SMILES string of the molecule is CSC1(CNC(C)c2nc3ccccc3s2)CCC1. The Kier molecular flexibility index (Phi) is 3.83. The van der Waals surface area contributed by atoms with Crippen LogP contribution in [0.1, 0.15) is 37.2 Å². The molecule has 0 saturated heterocycles. The Morgan fingerprint density at radius 1 is 1.42 bits per heavy atom. The maximum absolute atomic E-state index is 4.73. The third-order valence-corrected chi connectivity index (χ3v) is 6.75. The van der Waals surface area contributed by atoms with E-state index in [0.717, 1.165) is 12.1 Å². The first kappa shape index (κ1) is 13.4. The third-order valence-electron chi connectivity index (χ3n) is 4.11. The molecule has 0 radical (unpaired) electrons. The first-order chi connectivity index (χ1) is 9.22. The zero-order chi connectivity index (χ0) is 13.3. The molecule has 102 valence electrons. The van der Waals surface area contributed by atoms with E-state index in [0.29, 0.717) is 10.8 Å². The highest BCUT2D eigenvalue weighted by Gasteiger charge is 2.36. The van der Waals surface area contributed by atoms with Crippen molar-refractivity contribution in [2.45, 2.75) is 37.0 Å². The molecule has 0 spiro atoms. The molecule has 1 atom stereocenters. The van der Waals surface area contributed by atoms with Gasteiger partial charge in [-0.15, -0.1) is 11.3 Å². The molecule has 1 aromatic heterocycles. The molecule has 1 aromatic carbocycles. The summed E-state index contributed by atoms with van der Waals surface area (Å²) in [5, 5.41) is 4.89. The van der Waals surface area contributed by atoms with Gasteiger partial charge in [0.2, 0.25) is 0 Å². The van der Waals surface area contributed by atoms with Crippen molar-refractivity contribution in [1.29, 1.82) is 0 Å². The predicted molar refractivity (Wildman–Crippen MR) is 86.1 cm³/mol. The predicted octanol–water partition coefficient (Wildman–Crippen LogP) is 4.23. The van der Waals surface area contributed by atoms with Gasteiger partial charge in [-0.1, -0.05) is 18.6 Å². The monoisotopic (exact) mass is 292 g/mol. The van der Waals surface area contributed by atoms with Gasteiger partial charge < -0.3 is 5.32 Å². The Hall–Kier alpha value is -0.580. The van der Waals surface area contributed by atoms with Crippen molar-refractivity contribution in [2.75, 3.05) is 12.8 Å². The Bertz CT molecular complexity index is 522. The lowest BCUT2D eigenvalue weighted by Gasteiger charge is -2.41. The van der Waals surface area contributed by atoms with Crippen LogP contribution in [0.15, 0.2) is 24.3 Å². The summed E-state index contributed by atoms with van der Waals surface area (Å²) in [6, 6.07) is 8.73. The molecule has 4 heteroatoms. The zero-order valence-corrected chi connectivity index (χ0v) is 13.1. The number of nitrogens with one attached hydrogen (secondary N) is 1. The lowest BCUT2D eigenvalue weighted by atomic mass is 9.84. The van der Waals surface area contributed by atoms with Crippen molar-refractivity contribution in [3.63, 3.8) is 0 Å². The fraction of sp³-hybridized carbons (Fsp3) is 0.533. The van der Waals surface area contributed by atoms with Crippen LogP contribution >= 0.6 is 23.1 Å². The third kappa shape index (κ3) is 2.67. The molecule has 1 aliphatic carbocycles. The average Bonchev–Trinajstić information content (AvgIpc) is 2.81. The normalized spacial score (nSPS) is 19.3. The molecule has 1 aliphatic rings. The number of aromatic nitrogens is 1. The van der Waals surface area contributed by atoms with Crippen molar-refractivity contribution in [2.24, 2.45) is 0 Å². The van der Waals surface area contributed by atoms with Crippen LogP contribution in [0.5, 0.6) is 0 Å². The number of thiazole rings is 1. The van der Waals surface area contributed by atoms with E-state index in [2.05, 4.69) is 42.8 Å². The maximum Gasteiger partial charge on any atom is 0.111 e. The van der Waals surface area contributed by atoms with Gasteiger partial charge in [-0.05, 0) is 38.2 Å². The summed E-state index contributed by atoms with van der Waals surface area (Å²) >= 11 is 3.83. The lowest BCUT2D eigenvalue weighted by Crippen LogP contribution is -2.43. The average molecular weight is 292 g/mol. The molecule has 1 unspecified atom stereocenters. The Labute approximate surface area is 123 Å². The van der Waals surface area contributed by atoms with Crippen molar-refractivity contribution in [1.82, 2.24) is 10.3 Å². The van der Waals surface area contributed by atoms with E-state index in [9.17, 15) is 0 Å².